The molecular weight excluding hydrogens is 128 g/mol. The van der Waals surface area contributed by atoms with Crippen LogP contribution in [0.25, 0.3) is 6.08 Å². The lowest BCUT2D eigenvalue weighted by atomic mass is 10.3. The highest BCUT2D eigenvalue weighted by molar-refractivity contribution is 5.90. The minimum atomic E-state index is -0.429. The molecule has 0 aliphatic carbocycles. The van der Waals surface area contributed by atoms with Crippen molar-refractivity contribution in [3.05, 3.63) is 30.1 Å². The lowest BCUT2D eigenvalue weighted by Crippen LogP contribution is -2.04. The minimum absolute atomic E-state index is 0.429. The molecule has 0 saturated carbocycles. The van der Waals surface area contributed by atoms with Crippen molar-refractivity contribution in [2.24, 2.45) is 5.73 Å². The third-order valence-electron chi connectivity index (χ3n) is 1.06. The molecule has 1 aromatic heterocycles. The van der Waals surface area contributed by atoms with Gasteiger partial charge in [-0.2, -0.15) is 0 Å². The Hall–Kier alpha value is -1.51. The third kappa shape index (κ3) is 1.78. The fraction of sp³-hybridized carbons (Fsp3) is 0. The number of aromatic nitrogens is 1. The summed E-state index contributed by atoms with van der Waals surface area (Å²) in [6.45, 7) is 0. The van der Waals surface area contributed by atoms with Gasteiger partial charge < -0.3 is 10.7 Å². The molecule has 1 amide bonds. The number of aromatic amines is 1. The average Bonchev–Trinajstić information content (AvgIpc) is 2.34. The van der Waals surface area contributed by atoms with Crippen LogP contribution in [-0.4, -0.2) is 10.9 Å². The van der Waals surface area contributed by atoms with Crippen LogP contribution in [0.15, 0.2) is 24.5 Å². The molecular formula is C7H8N2O. The smallest absolute Gasteiger partial charge is 0.241 e. The Kier molecular flexibility index (Phi) is 1.89. The van der Waals surface area contributed by atoms with Gasteiger partial charge in [-0.25, -0.2) is 0 Å². The van der Waals surface area contributed by atoms with Crippen LogP contribution >= 0.6 is 0 Å². The van der Waals surface area contributed by atoms with Gasteiger partial charge in [-0.1, -0.05) is 0 Å². The molecule has 0 aliphatic rings. The number of carbonyl (C=O) groups excluding carboxylic acids is 1. The van der Waals surface area contributed by atoms with E-state index in [9.17, 15) is 4.79 Å². The zero-order valence-electron chi connectivity index (χ0n) is 5.37. The summed E-state index contributed by atoms with van der Waals surface area (Å²) in [6.07, 6.45) is 6.53. The Morgan fingerprint density at radius 1 is 1.70 bits per heavy atom. The van der Waals surface area contributed by atoms with Crippen molar-refractivity contribution in [2.45, 2.75) is 0 Å². The zero-order valence-corrected chi connectivity index (χ0v) is 5.37. The van der Waals surface area contributed by atoms with Crippen LogP contribution in [0, 0.1) is 0 Å². The van der Waals surface area contributed by atoms with E-state index < -0.39 is 5.91 Å². The second-order valence-corrected chi connectivity index (χ2v) is 1.88. The number of carbonyl (C=O) groups is 1. The van der Waals surface area contributed by atoms with Crippen molar-refractivity contribution in [3.63, 3.8) is 0 Å². The predicted octanol–water partition coefficient (Wildman–Crippen LogP) is 0.513. The zero-order chi connectivity index (χ0) is 7.40. The van der Waals surface area contributed by atoms with Crippen LogP contribution in [0.1, 0.15) is 5.56 Å². The normalized spacial score (nSPS) is 10.4. The van der Waals surface area contributed by atoms with E-state index in [1.165, 1.54) is 6.08 Å². The Morgan fingerprint density at radius 2 is 2.50 bits per heavy atom. The summed E-state index contributed by atoms with van der Waals surface area (Å²) in [5.74, 6) is -0.429. The van der Waals surface area contributed by atoms with E-state index in [1.54, 1.807) is 18.5 Å². The second-order valence-electron chi connectivity index (χ2n) is 1.88. The summed E-state index contributed by atoms with van der Waals surface area (Å²) in [5, 5.41) is 0. The summed E-state index contributed by atoms with van der Waals surface area (Å²) in [5.41, 5.74) is 5.82. The number of rotatable bonds is 2. The van der Waals surface area contributed by atoms with Gasteiger partial charge in [0.1, 0.15) is 0 Å². The molecule has 0 spiro atoms. The number of H-pyrrole nitrogens is 1. The summed E-state index contributed by atoms with van der Waals surface area (Å²) >= 11 is 0. The molecule has 3 heteroatoms. The van der Waals surface area contributed by atoms with Gasteiger partial charge in [-0.3, -0.25) is 4.79 Å². The minimum Gasteiger partial charge on any atom is -0.367 e. The van der Waals surface area contributed by atoms with Crippen LogP contribution in [0.2, 0.25) is 0 Å². The third-order valence-corrected chi connectivity index (χ3v) is 1.06. The fourth-order valence-corrected chi connectivity index (χ4v) is 0.619. The maximum atomic E-state index is 10.2. The average molecular weight is 136 g/mol. The van der Waals surface area contributed by atoms with E-state index >= 15 is 0 Å². The number of amides is 1. The maximum absolute atomic E-state index is 10.2. The highest BCUT2D eigenvalue weighted by Gasteiger charge is 1.85. The van der Waals surface area contributed by atoms with Gasteiger partial charge in [0.05, 0.1) is 0 Å². The van der Waals surface area contributed by atoms with Crippen molar-refractivity contribution in [1.82, 2.24) is 4.98 Å². The molecule has 0 radical (unpaired) electrons. The first-order chi connectivity index (χ1) is 4.79. The molecule has 0 unspecified atom stereocenters. The first-order valence-electron chi connectivity index (χ1n) is 2.89. The van der Waals surface area contributed by atoms with Gasteiger partial charge in [-0.15, -0.1) is 0 Å². The van der Waals surface area contributed by atoms with E-state index in [2.05, 4.69) is 4.98 Å². The molecule has 1 aromatic rings. The summed E-state index contributed by atoms with van der Waals surface area (Å²) < 4.78 is 0. The van der Waals surface area contributed by atoms with Crippen molar-refractivity contribution in [2.75, 3.05) is 0 Å². The number of primary amides is 1. The van der Waals surface area contributed by atoms with Crippen molar-refractivity contribution in [1.29, 1.82) is 0 Å². The molecule has 0 aliphatic heterocycles. The molecule has 1 rings (SSSR count). The van der Waals surface area contributed by atoms with E-state index in [-0.39, 0.29) is 0 Å². The quantitative estimate of drug-likeness (QED) is 0.572. The van der Waals surface area contributed by atoms with Gasteiger partial charge >= 0.3 is 0 Å². The SMILES string of the molecule is NC(=O)C=Cc1cc[nH]c1. The molecule has 0 atom stereocenters. The van der Waals surface area contributed by atoms with Gasteiger partial charge in [0, 0.05) is 18.5 Å². The highest BCUT2D eigenvalue weighted by Crippen LogP contribution is 1.97. The molecule has 3 nitrogen and oxygen atoms in total. The number of hydrogen-bond donors (Lipinski definition) is 2. The van der Waals surface area contributed by atoms with Gasteiger partial charge in [-0.05, 0) is 17.7 Å². The van der Waals surface area contributed by atoms with Crippen LogP contribution in [0.5, 0.6) is 0 Å². The molecule has 0 fully saturated rings. The maximum Gasteiger partial charge on any atom is 0.241 e. The monoisotopic (exact) mass is 136 g/mol. The predicted molar refractivity (Wildman–Crippen MR) is 39.0 cm³/mol. The topological polar surface area (TPSA) is 58.9 Å². The molecule has 0 aromatic carbocycles. The first-order valence-corrected chi connectivity index (χ1v) is 2.89. The summed E-state index contributed by atoms with van der Waals surface area (Å²) in [6, 6.07) is 1.85. The van der Waals surface area contributed by atoms with Crippen molar-refractivity contribution in [3.8, 4) is 0 Å². The molecule has 52 valence electrons. The van der Waals surface area contributed by atoms with E-state index in [1.807, 2.05) is 6.07 Å². The van der Waals surface area contributed by atoms with Crippen LogP contribution in [-0.2, 0) is 4.79 Å². The molecule has 0 saturated heterocycles. The largest absolute Gasteiger partial charge is 0.367 e. The lowest BCUT2D eigenvalue weighted by Gasteiger charge is -1.79. The van der Waals surface area contributed by atoms with Gasteiger partial charge in [0.15, 0.2) is 0 Å². The Morgan fingerprint density at radius 3 is 3.00 bits per heavy atom. The molecule has 1 heterocycles. The molecule has 3 N–H and O–H groups in total. The summed E-state index contributed by atoms with van der Waals surface area (Å²) in [4.78, 5) is 13.1. The number of nitrogens with one attached hydrogen (secondary N) is 1. The Balaban J connectivity index is 2.64. The fourth-order valence-electron chi connectivity index (χ4n) is 0.619. The van der Waals surface area contributed by atoms with Crippen molar-refractivity contribution >= 4 is 12.0 Å². The van der Waals surface area contributed by atoms with Gasteiger partial charge in [0.2, 0.25) is 5.91 Å². The van der Waals surface area contributed by atoms with Crippen LogP contribution < -0.4 is 5.73 Å². The molecule has 10 heavy (non-hydrogen) atoms. The van der Waals surface area contributed by atoms with Crippen molar-refractivity contribution < 1.29 is 4.79 Å². The number of hydrogen-bond acceptors (Lipinski definition) is 1. The molecule has 0 bridgehead atoms. The summed E-state index contributed by atoms with van der Waals surface area (Å²) in [7, 11) is 0. The standard InChI is InChI=1S/C7H8N2O/c8-7(10)2-1-6-3-4-9-5-6/h1-5,9H,(H2,8,10). The second kappa shape index (κ2) is 2.87. The van der Waals surface area contributed by atoms with Crippen LogP contribution in [0.4, 0.5) is 0 Å². The van der Waals surface area contributed by atoms with E-state index in [0.29, 0.717) is 0 Å². The van der Waals surface area contributed by atoms with E-state index in [0.717, 1.165) is 5.56 Å². The van der Waals surface area contributed by atoms with E-state index in [4.69, 9.17) is 5.73 Å². The number of nitrogens with two attached hydrogens (primary N) is 1. The first kappa shape index (κ1) is 6.61. The highest BCUT2D eigenvalue weighted by atomic mass is 16.1. The van der Waals surface area contributed by atoms with Gasteiger partial charge in [0.25, 0.3) is 0 Å². The lowest BCUT2D eigenvalue weighted by molar-refractivity contribution is -0.113. The Labute approximate surface area is 58.5 Å². The van der Waals surface area contributed by atoms with Crippen LogP contribution in [0.3, 0.4) is 0 Å². The Bertz CT molecular complexity index is 236.